The van der Waals surface area contributed by atoms with Gasteiger partial charge in [0.1, 0.15) is 12.2 Å². The van der Waals surface area contributed by atoms with Crippen LogP contribution >= 0.6 is 0 Å². The van der Waals surface area contributed by atoms with Gasteiger partial charge >= 0.3 is 6.03 Å². The van der Waals surface area contributed by atoms with Gasteiger partial charge in [0.15, 0.2) is 0 Å². The Morgan fingerprint density at radius 3 is 2.74 bits per heavy atom. The Kier molecular flexibility index (Phi) is 3.52. The summed E-state index contributed by atoms with van der Waals surface area (Å²) in [5.41, 5.74) is 2.02. The number of likely N-dealkylation sites (tertiary alicyclic amines) is 1. The molecule has 2 heterocycles. The molecule has 1 atom stereocenters. The highest BCUT2D eigenvalue weighted by atomic mass is 16.2. The van der Waals surface area contributed by atoms with Crippen molar-refractivity contribution in [3.8, 4) is 0 Å². The number of aromatic nitrogens is 3. The molecule has 0 spiro atoms. The van der Waals surface area contributed by atoms with Crippen LogP contribution < -0.4 is 5.32 Å². The summed E-state index contributed by atoms with van der Waals surface area (Å²) >= 11 is 0. The van der Waals surface area contributed by atoms with Crippen molar-refractivity contribution in [2.24, 2.45) is 0 Å². The van der Waals surface area contributed by atoms with Crippen molar-refractivity contribution in [1.29, 1.82) is 0 Å². The average molecular weight is 311 g/mol. The molecule has 120 valence electrons. The highest BCUT2D eigenvalue weighted by molar-refractivity contribution is 5.89. The van der Waals surface area contributed by atoms with Crippen LogP contribution in [0.25, 0.3) is 0 Å². The first-order chi connectivity index (χ1) is 11.2. The van der Waals surface area contributed by atoms with Gasteiger partial charge in [0.25, 0.3) is 0 Å². The van der Waals surface area contributed by atoms with Crippen molar-refractivity contribution < 1.29 is 4.79 Å². The molecule has 1 aliphatic carbocycles. The van der Waals surface area contributed by atoms with Crippen LogP contribution in [0.4, 0.5) is 10.5 Å². The van der Waals surface area contributed by atoms with E-state index in [9.17, 15) is 4.79 Å². The molecule has 1 aromatic carbocycles. The molecule has 6 heteroatoms. The topological polar surface area (TPSA) is 63.1 Å². The SMILES string of the molecule is Cc1ccc(NC(=O)N2CCC(n3cnnc3C3CC3)C2)cc1. The lowest BCUT2D eigenvalue weighted by Crippen LogP contribution is -2.33. The molecule has 1 unspecified atom stereocenters. The molecule has 6 nitrogen and oxygen atoms in total. The maximum absolute atomic E-state index is 12.4. The van der Waals surface area contributed by atoms with E-state index in [0.29, 0.717) is 12.0 Å². The van der Waals surface area contributed by atoms with Crippen molar-refractivity contribution in [1.82, 2.24) is 19.7 Å². The number of rotatable bonds is 3. The molecule has 0 radical (unpaired) electrons. The van der Waals surface area contributed by atoms with Crippen molar-refractivity contribution in [2.45, 2.75) is 38.1 Å². The van der Waals surface area contributed by atoms with Gasteiger partial charge in [-0.05, 0) is 38.3 Å². The van der Waals surface area contributed by atoms with Crippen LogP contribution in [0.5, 0.6) is 0 Å². The van der Waals surface area contributed by atoms with E-state index in [2.05, 4.69) is 20.1 Å². The van der Waals surface area contributed by atoms with Gasteiger partial charge in [-0.2, -0.15) is 0 Å². The number of nitrogens with one attached hydrogen (secondary N) is 1. The fourth-order valence-electron chi connectivity index (χ4n) is 3.16. The van der Waals surface area contributed by atoms with Gasteiger partial charge in [0, 0.05) is 24.7 Å². The van der Waals surface area contributed by atoms with Gasteiger partial charge in [-0.1, -0.05) is 17.7 Å². The minimum atomic E-state index is -0.0302. The second-order valence-electron chi connectivity index (χ2n) is 6.56. The van der Waals surface area contributed by atoms with Gasteiger partial charge in [0.2, 0.25) is 0 Å². The van der Waals surface area contributed by atoms with E-state index in [0.717, 1.165) is 31.0 Å². The lowest BCUT2D eigenvalue weighted by Gasteiger charge is -2.18. The van der Waals surface area contributed by atoms with E-state index in [-0.39, 0.29) is 6.03 Å². The molecule has 1 aromatic heterocycles. The molecular weight excluding hydrogens is 290 g/mol. The highest BCUT2D eigenvalue weighted by Crippen LogP contribution is 2.40. The molecule has 1 N–H and O–H groups in total. The number of benzene rings is 1. The largest absolute Gasteiger partial charge is 0.322 e. The molecule has 2 amide bonds. The van der Waals surface area contributed by atoms with Crippen molar-refractivity contribution in [3.63, 3.8) is 0 Å². The number of nitrogens with zero attached hydrogens (tertiary/aromatic N) is 4. The minimum Gasteiger partial charge on any atom is -0.322 e. The van der Waals surface area contributed by atoms with Gasteiger partial charge in [-0.15, -0.1) is 10.2 Å². The van der Waals surface area contributed by atoms with E-state index in [1.54, 1.807) is 0 Å². The quantitative estimate of drug-likeness (QED) is 0.948. The van der Waals surface area contributed by atoms with Gasteiger partial charge in [0.05, 0.1) is 6.04 Å². The number of hydrogen-bond acceptors (Lipinski definition) is 3. The van der Waals surface area contributed by atoms with Gasteiger partial charge < -0.3 is 14.8 Å². The average Bonchev–Trinajstić information content (AvgIpc) is 3.09. The number of amides is 2. The predicted molar refractivity (Wildman–Crippen MR) is 87.4 cm³/mol. The zero-order valence-corrected chi connectivity index (χ0v) is 13.3. The summed E-state index contributed by atoms with van der Waals surface area (Å²) in [5, 5.41) is 11.3. The molecule has 1 saturated carbocycles. The van der Waals surface area contributed by atoms with Gasteiger partial charge in [-0.25, -0.2) is 4.79 Å². The summed E-state index contributed by atoms with van der Waals surface area (Å²) in [7, 11) is 0. The molecule has 1 saturated heterocycles. The van der Waals surface area contributed by atoms with E-state index in [1.165, 1.54) is 18.4 Å². The first-order valence-corrected chi connectivity index (χ1v) is 8.23. The zero-order valence-electron chi connectivity index (χ0n) is 13.3. The fourth-order valence-corrected chi connectivity index (χ4v) is 3.16. The van der Waals surface area contributed by atoms with Crippen LogP contribution in [0, 0.1) is 6.92 Å². The molecule has 2 aliphatic rings. The molecule has 1 aliphatic heterocycles. The lowest BCUT2D eigenvalue weighted by atomic mass is 10.2. The normalized spacial score (nSPS) is 20.7. The Bertz CT molecular complexity index is 704. The third kappa shape index (κ3) is 2.93. The van der Waals surface area contributed by atoms with E-state index >= 15 is 0 Å². The number of carbonyl (C=O) groups excluding carboxylic acids is 1. The maximum Gasteiger partial charge on any atom is 0.321 e. The summed E-state index contributed by atoms with van der Waals surface area (Å²) < 4.78 is 2.18. The monoisotopic (exact) mass is 311 g/mol. The van der Waals surface area contributed by atoms with Crippen molar-refractivity contribution in [3.05, 3.63) is 42.0 Å². The number of hydrogen-bond donors (Lipinski definition) is 1. The smallest absolute Gasteiger partial charge is 0.321 e. The minimum absolute atomic E-state index is 0.0302. The third-order valence-electron chi connectivity index (χ3n) is 4.69. The number of carbonyl (C=O) groups is 1. The van der Waals surface area contributed by atoms with Crippen LogP contribution in [0.3, 0.4) is 0 Å². The zero-order chi connectivity index (χ0) is 15.8. The Morgan fingerprint density at radius 2 is 2.00 bits per heavy atom. The Hall–Kier alpha value is -2.37. The molecule has 4 rings (SSSR count). The Labute approximate surface area is 135 Å². The van der Waals surface area contributed by atoms with Crippen molar-refractivity contribution >= 4 is 11.7 Å². The standard InChI is InChI=1S/C17H21N5O/c1-12-2-6-14(7-3-12)19-17(23)21-9-8-15(10-21)22-11-18-20-16(22)13-4-5-13/h2-3,6-7,11,13,15H,4-5,8-10H2,1H3,(H,19,23). The molecule has 2 aromatic rings. The third-order valence-corrected chi connectivity index (χ3v) is 4.69. The highest BCUT2D eigenvalue weighted by Gasteiger charge is 2.34. The number of urea groups is 1. The molecule has 0 bridgehead atoms. The predicted octanol–water partition coefficient (Wildman–Crippen LogP) is 2.94. The Morgan fingerprint density at radius 1 is 1.22 bits per heavy atom. The summed E-state index contributed by atoms with van der Waals surface area (Å²) in [5.74, 6) is 1.67. The molecule has 23 heavy (non-hydrogen) atoms. The van der Waals surface area contributed by atoms with Crippen LogP contribution in [0.15, 0.2) is 30.6 Å². The Balaban J connectivity index is 1.40. The molecular formula is C17H21N5O. The van der Waals surface area contributed by atoms with Crippen LogP contribution in [0.2, 0.25) is 0 Å². The number of anilines is 1. The summed E-state index contributed by atoms with van der Waals surface area (Å²) in [4.78, 5) is 14.3. The van der Waals surface area contributed by atoms with Crippen LogP contribution in [-0.4, -0.2) is 38.8 Å². The first kappa shape index (κ1) is 14.2. The van der Waals surface area contributed by atoms with Crippen LogP contribution in [-0.2, 0) is 0 Å². The summed E-state index contributed by atoms with van der Waals surface area (Å²) in [6, 6.07) is 8.14. The maximum atomic E-state index is 12.4. The fraction of sp³-hybridized carbons (Fsp3) is 0.471. The lowest BCUT2D eigenvalue weighted by molar-refractivity contribution is 0.221. The first-order valence-electron chi connectivity index (χ1n) is 8.23. The van der Waals surface area contributed by atoms with Crippen molar-refractivity contribution in [2.75, 3.05) is 18.4 Å². The van der Waals surface area contributed by atoms with E-state index < -0.39 is 0 Å². The number of aryl methyl sites for hydroxylation is 1. The summed E-state index contributed by atoms with van der Waals surface area (Å²) in [6.07, 6.45) is 5.20. The van der Waals surface area contributed by atoms with Crippen LogP contribution in [0.1, 0.15) is 42.6 Å². The second-order valence-corrected chi connectivity index (χ2v) is 6.56. The second kappa shape index (κ2) is 5.68. The van der Waals surface area contributed by atoms with E-state index in [1.807, 2.05) is 42.4 Å². The van der Waals surface area contributed by atoms with Gasteiger partial charge in [-0.3, -0.25) is 0 Å². The molecule has 2 fully saturated rings. The van der Waals surface area contributed by atoms with E-state index in [4.69, 9.17) is 0 Å². The summed E-state index contributed by atoms with van der Waals surface area (Å²) in [6.45, 7) is 3.52.